The van der Waals surface area contributed by atoms with Crippen LogP contribution in [-0.4, -0.2) is 87.3 Å². The molecule has 668 valence electrons. The summed E-state index contributed by atoms with van der Waals surface area (Å²) >= 11 is 0. The number of amides is 1. The smallest absolute Gasteiger partial charge is 0.406 e. The van der Waals surface area contributed by atoms with Crippen LogP contribution in [0.4, 0.5) is 49.1 Å². The molecule has 24 nitrogen and oxygen atoms in total. The molecule has 7 aromatic carbocycles. The van der Waals surface area contributed by atoms with Crippen LogP contribution in [0.3, 0.4) is 0 Å². The number of hydrogen-bond donors (Lipinski definition) is 3. The van der Waals surface area contributed by atoms with Crippen molar-refractivity contribution < 1.29 is 45.7 Å². The first kappa shape index (κ1) is 93.4. The van der Waals surface area contributed by atoms with Crippen molar-refractivity contribution in [2.45, 2.75) is 54.0 Å². The van der Waals surface area contributed by atoms with E-state index in [-0.39, 0.29) is 40.7 Å². The molecule has 0 saturated carbocycles. The Morgan fingerprint density at radius 1 is 0.429 bits per heavy atom. The number of carbonyl (C=O) groups is 1. The van der Waals surface area contributed by atoms with Gasteiger partial charge in [0.1, 0.15) is 11.5 Å². The fourth-order valence-corrected chi connectivity index (χ4v) is 13.7. The summed E-state index contributed by atoms with van der Waals surface area (Å²) in [7, 11) is 1.93. The Hall–Kier alpha value is -17.3. The Morgan fingerprint density at radius 3 is 1.26 bits per heavy atom. The minimum atomic E-state index is -4.72. The van der Waals surface area contributed by atoms with Gasteiger partial charge in [-0.25, -0.2) is 29.9 Å². The summed E-state index contributed by atoms with van der Waals surface area (Å²) in [6.45, 7) is 21.4. The second-order valence-electron chi connectivity index (χ2n) is 29.8. The molecule has 0 unspecified atom stereocenters. The predicted molar refractivity (Wildman–Crippen MR) is 506 cm³/mol. The third-order valence-corrected chi connectivity index (χ3v) is 20.1. The number of ether oxygens (including phenoxy) is 2. The Labute approximate surface area is 760 Å². The standard InChI is InChI=1S/C20H16F3NO2.C18H19N3O.C17H12F3N3O.C16H14N4O2.C16H13N3O.C16H13N3/c1-14-2-5-17(16-6-3-15(13-25)4-7-16)12-24(14)18-8-10-19(11-9-18)26-20(21,22)23;1-12-6-5-7-16(10-12)21-11-15(8-9-17(21)22)18-13(2)19-20(4)14(18)3;1-12-3-4-13(16-21-9-2-10-22-16)11-23(12)14-5-7-15(8-6-14)24-17(18,19)20;1-11(21)19-14-3-2-4-15(7-14)20-10-12(5-6-16(20)22)13-8-17-18-9-13;1-12-4-2-5-14(10-12)19-11-13(6-7-15(19)20)16-17-8-3-9-18-16;1-13-8-9-14(16-17-10-5-11-18-16)12-19(13)15-6-3-2-4-7-15/h2-12,25H,1,13H2;5-11H,1-4H3;2-11H,1H2;2-10H,1H3,(H,17,18)(H,19,21);2-11H,1H3;2-12H,1H2. The number of halogens is 6. The molecule has 0 atom stereocenters. The Morgan fingerprint density at radius 2 is 0.827 bits per heavy atom. The van der Waals surface area contributed by atoms with Crippen LogP contribution < -0.4 is 46.2 Å². The molecule has 3 aliphatic rings. The monoisotopic (exact) mass is 1790 g/mol. The first-order valence-electron chi connectivity index (χ1n) is 41.1. The van der Waals surface area contributed by atoms with Gasteiger partial charge in [-0.1, -0.05) is 98.6 Å². The largest absolute Gasteiger partial charge is 0.573 e. The minimum Gasteiger partial charge on any atom is -0.406 e. The number of nitrogens with zero attached hydrogens (tertiary/aromatic N) is 15. The topological polar surface area (TPSA) is 267 Å². The highest BCUT2D eigenvalue weighted by molar-refractivity contribution is 5.89. The van der Waals surface area contributed by atoms with Gasteiger partial charge in [0.2, 0.25) is 5.91 Å². The molecule has 0 aliphatic carbocycles. The lowest BCUT2D eigenvalue weighted by molar-refractivity contribution is -0.275. The molecule has 30 heteroatoms. The molecule has 8 aromatic heterocycles. The summed E-state index contributed by atoms with van der Waals surface area (Å²) in [6.07, 6.45) is 26.5. The Balaban J connectivity index is 0.000000136. The number of H-pyrrole nitrogens is 1. The molecule has 3 N–H and O–H groups in total. The van der Waals surface area contributed by atoms with Crippen LogP contribution in [0.1, 0.15) is 52.2 Å². The van der Waals surface area contributed by atoms with E-state index in [1.54, 1.807) is 142 Å². The average Bonchev–Trinajstić information content (AvgIpc) is 1.67. The van der Waals surface area contributed by atoms with Crippen molar-refractivity contribution in [3.8, 4) is 62.2 Å². The Bertz CT molecular complexity index is 7040. The molecule has 11 heterocycles. The normalized spacial score (nSPS) is 12.6. The number of aryl methyl sites for hydroxylation is 4. The molecular weight excluding hydrogens is 1700 g/mol. The number of alkyl halides is 6. The highest BCUT2D eigenvalue weighted by Crippen LogP contribution is 2.36. The Kier molecular flexibility index (Phi) is 30.2. The second kappa shape index (κ2) is 43.0. The summed E-state index contributed by atoms with van der Waals surface area (Å²) in [6, 6.07) is 66.9. The number of hydrogen-bond acceptors (Lipinski definition) is 18. The summed E-state index contributed by atoms with van der Waals surface area (Å²) in [5.41, 5.74) is 20.8. The SMILES string of the molecule is C=C1C=CC(c2ccc(CO)cc2)=CN1c1ccc(OC(F)(F)F)cc1.C=C1C=CC(c2ncccn2)=CN1c1ccc(OC(F)(F)F)cc1.C=C1C=CC(c2ncccn2)=CN1c1ccccc1.CC(=O)Nc1cccc(-n2cc(-c3cn[nH]c3)ccc2=O)c1.Cc1cccc(-n2cc(-c3c(C)nn(C)c3C)ccc2=O)c1.Cc1cccc(-n2cc(-c3ncccn3)ccc2=O)c1. The number of aromatic amines is 1. The van der Waals surface area contributed by atoms with E-state index < -0.39 is 12.7 Å². The van der Waals surface area contributed by atoms with E-state index in [1.807, 2.05) is 215 Å². The molecule has 0 spiro atoms. The zero-order valence-corrected chi connectivity index (χ0v) is 72.7. The molecule has 18 rings (SSSR count). The maximum Gasteiger partial charge on any atom is 0.573 e. The van der Waals surface area contributed by atoms with Crippen molar-refractivity contribution in [2.24, 2.45) is 7.05 Å². The molecule has 0 radical (unpaired) electrons. The molecule has 133 heavy (non-hydrogen) atoms. The van der Waals surface area contributed by atoms with E-state index in [2.05, 4.69) is 79.7 Å². The van der Waals surface area contributed by atoms with Gasteiger partial charge in [0.25, 0.3) is 16.7 Å². The predicted octanol–water partition coefficient (Wildman–Crippen LogP) is 20.7. The van der Waals surface area contributed by atoms with Crippen LogP contribution in [0.25, 0.3) is 67.4 Å². The van der Waals surface area contributed by atoms with Gasteiger partial charge in [-0.15, -0.1) is 26.3 Å². The number of pyridine rings is 3. The lowest BCUT2D eigenvalue weighted by Crippen LogP contribution is -2.18. The summed E-state index contributed by atoms with van der Waals surface area (Å²) in [4.78, 5) is 78.4. The number of para-hydroxylation sites is 1. The number of carbonyl (C=O) groups excluding carboxylic acids is 1. The van der Waals surface area contributed by atoms with Gasteiger partial charge < -0.3 is 34.6 Å². The highest BCUT2D eigenvalue weighted by Gasteiger charge is 2.32. The third-order valence-electron chi connectivity index (χ3n) is 20.1. The molecule has 0 bridgehead atoms. The third kappa shape index (κ3) is 25.4. The van der Waals surface area contributed by atoms with Gasteiger partial charge in [0, 0.05) is 209 Å². The van der Waals surface area contributed by atoms with Gasteiger partial charge in [0.15, 0.2) is 17.5 Å². The van der Waals surface area contributed by atoms with Crippen molar-refractivity contribution in [2.75, 3.05) is 20.0 Å². The van der Waals surface area contributed by atoms with Crippen molar-refractivity contribution in [1.29, 1.82) is 0 Å². The van der Waals surface area contributed by atoms with Crippen molar-refractivity contribution in [3.05, 3.63) is 467 Å². The number of rotatable bonds is 16. The van der Waals surface area contributed by atoms with E-state index in [4.69, 9.17) is 5.11 Å². The van der Waals surface area contributed by atoms with E-state index >= 15 is 0 Å². The van der Waals surface area contributed by atoms with Gasteiger partial charge in [-0.2, -0.15) is 10.2 Å². The average molecular weight is 1790 g/mol. The van der Waals surface area contributed by atoms with E-state index in [0.717, 1.165) is 101 Å². The molecule has 15 aromatic rings. The number of allylic oxidation sites excluding steroid dienone is 9. The zero-order chi connectivity index (χ0) is 94.3. The number of aliphatic hydroxyl groups excluding tert-OH is 1. The van der Waals surface area contributed by atoms with Crippen molar-refractivity contribution in [3.63, 3.8) is 0 Å². The molecule has 1 amide bonds. The summed E-state index contributed by atoms with van der Waals surface area (Å²) in [5.74, 6) is 1.16. The van der Waals surface area contributed by atoms with E-state index in [0.29, 0.717) is 51.6 Å². The van der Waals surface area contributed by atoms with Crippen LogP contribution in [0, 0.1) is 27.7 Å². The maximum absolute atomic E-state index is 12.3. The first-order valence-corrected chi connectivity index (χ1v) is 41.1. The quantitative estimate of drug-likeness (QED) is 0.0759. The van der Waals surface area contributed by atoms with Crippen LogP contribution >= 0.6 is 0 Å². The number of nitrogens with one attached hydrogen (secondary N) is 2. The van der Waals surface area contributed by atoms with Gasteiger partial charge in [0.05, 0.1) is 24.2 Å². The summed E-state index contributed by atoms with van der Waals surface area (Å²) in [5, 5.41) is 22.9. The fourth-order valence-electron chi connectivity index (χ4n) is 13.7. The molecular formula is C103H87F6N17O7. The molecule has 0 fully saturated rings. The maximum atomic E-state index is 12.3. The van der Waals surface area contributed by atoms with Crippen LogP contribution in [-0.2, 0) is 18.4 Å². The van der Waals surface area contributed by atoms with Gasteiger partial charge >= 0.3 is 12.7 Å². The number of aliphatic hydroxyl groups is 1. The van der Waals surface area contributed by atoms with Crippen LogP contribution in [0.15, 0.2) is 405 Å². The summed E-state index contributed by atoms with van der Waals surface area (Å²) < 4.78 is 87.9. The van der Waals surface area contributed by atoms with Crippen LogP contribution in [0.2, 0.25) is 0 Å². The molecule has 0 saturated heterocycles. The minimum absolute atomic E-state index is 0.0234. The number of benzene rings is 7. The molecule has 3 aliphatic heterocycles. The van der Waals surface area contributed by atoms with Gasteiger partial charge in [-0.05, 0) is 225 Å². The van der Waals surface area contributed by atoms with Crippen molar-refractivity contribution in [1.82, 2.24) is 63.6 Å². The highest BCUT2D eigenvalue weighted by atomic mass is 19.4. The number of aromatic nitrogens is 13. The fraction of sp³-hybridized carbons (Fsp3) is 0.0874. The number of anilines is 4. The first-order chi connectivity index (χ1) is 64.0. The lowest BCUT2D eigenvalue weighted by Gasteiger charge is -2.25. The second-order valence-corrected chi connectivity index (χ2v) is 29.8. The van der Waals surface area contributed by atoms with E-state index in [9.17, 15) is 45.5 Å². The van der Waals surface area contributed by atoms with Crippen LogP contribution in [0.5, 0.6) is 11.5 Å². The zero-order valence-electron chi connectivity index (χ0n) is 72.7. The van der Waals surface area contributed by atoms with Crippen molar-refractivity contribution >= 4 is 45.4 Å². The van der Waals surface area contributed by atoms with E-state index in [1.165, 1.54) is 72.2 Å². The van der Waals surface area contributed by atoms with Gasteiger partial charge in [-0.3, -0.25) is 42.7 Å². The lowest BCUT2D eigenvalue weighted by atomic mass is 10.0.